The van der Waals surface area contributed by atoms with Crippen LogP contribution in [0.3, 0.4) is 0 Å². The van der Waals surface area contributed by atoms with Gasteiger partial charge in [0.2, 0.25) is 0 Å². The van der Waals surface area contributed by atoms with Gasteiger partial charge in [0, 0.05) is 13.2 Å². The fourth-order valence-corrected chi connectivity index (χ4v) is 4.24. The lowest BCUT2D eigenvalue weighted by molar-refractivity contribution is -0.0139. The molecular formula is C23H37NO3. The Morgan fingerprint density at radius 3 is 2.74 bits per heavy atom. The molecule has 2 atom stereocenters. The molecule has 1 aromatic rings. The van der Waals surface area contributed by atoms with E-state index < -0.39 is 0 Å². The van der Waals surface area contributed by atoms with Crippen LogP contribution in [0.25, 0.3) is 0 Å². The normalized spacial score (nSPS) is 20.9. The van der Waals surface area contributed by atoms with Crippen molar-refractivity contribution in [3.63, 3.8) is 0 Å². The van der Waals surface area contributed by atoms with Gasteiger partial charge in [-0.1, -0.05) is 31.0 Å². The van der Waals surface area contributed by atoms with Gasteiger partial charge in [-0.25, -0.2) is 0 Å². The number of nitrogens with two attached hydrogens (primary N) is 1. The van der Waals surface area contributed by atoms with E-state index in [4.69, 9.17) is 20.3 Å². The van der Waals surface area contributed by atoms with Crippen LogP contribution in [0.4, 0.5) is 0 Å². The average Bonchev–Trinajstić information content (AvgIpc) is 2.66. The number of rotatable bonds is 12. The SMILES string of the molecule is NC[C@H](CCCCO)c1ccc2c(c1)CC[C@H](OCCOCC1CCC1)C2. The molecule has 152 valence electrons. The van der Waals surface area contributed by atoms with E-state index >= 15 is 0 Å². The average molecular weight is 376 g/mol. The van der Waals surface area contributed by atoms with Gasteiger partial charge in [0.15, 0.2) is 0 Å². The van der Waals surface area contributed by atoms with E-state index in [1.165, 1.54) is 36.0 Å². The maximum absolute atomic E-state index is 8.98. The topological polar surface area (TPSA) is 64.7 Å². The van der Waals surface area contributed by atoms with Crippen LogP contribution < -0.4 is 5.73 Å². The minimum Gasteiger partial charge on any atom is -0.396 e. The number of aliphatic hydroxyl groups is 1. The number of ether oxygens (including phenoxy) is 2. The molecule has 0 aliphatic heterocycles. The zero-order valence-electron chi connectivity index (χ0n) is 16.7. The standard InChI is InChI=1S/C23H37NO3/c24-16-22(6-1-2-11-25)20-7-8-21-15-23(10-9-19(21)14-20)27-13-12-26-17-18-4-3-5-18/h7-8,14,18,22-23,25H,1-6,9-13,15-17,24H2/t22-,23-/m0/s1. The zero-order valence-corrected chi connectivity index (χ0v) is 16.7. The summed E-state index contributed by atoms with van der Waals surface area (Å²) in [5.41, 5.74) is 10.3. The fraction of sp³-hybridized carbons (Fsp3) is 0.739. The second-order valence-electron chi connectivity index (χ2n) is 8.29. The Morgan fingerprint density at radius 2 is 2.00 bits per heavy atom. The molecule has 27 heavy (non-hydrogen) atoms. The van der Waals surface area contributed by atoms with Crippen LogP contribution in [-0.2, 0) is 22.3 Å². The number of benzene rings is 1. The summed E-state index contributed by atoms with van der Waals surface area (Å²) >= 11 is 0. The van der Waals surface area contributed by atoms with Gasteiger partial charge in [-0.2, -0.15) is 0 Å². The molecule has 0 radical (unpaired) electrons. The number of fused-ring (bicyclic) bond motifs is 1. The molecule has 2 aliphatic rings. The van der Waals surface area contributed by atoms with E-state index in [2.05, 4.69) is 18.2 Å². The number of aliphatic hydroxyl groups excluding tert-OH is 1. The van der Waals surface area contributed by atoms with E-state index in [-0.39, 0.29) is 6.61 Å². The largest absolute Gasteiger partial charge is 0.396 e. The van der Waals surface area contributed by atoms with Crippen molar-refractivity contribution in [1.82, 2.24) is 0 Å². The van der Waals surface area contributed by atoms with Gasteiger partial charge >= 0.3 is 0 Å². The maximum atomic E-state index is 8.98. The van der Waals surface area contributed by atoms with E-state index in [1.807, 2.05) is 0 Å². The third-order valence-electron chi connectivity index (χ3n) is 6.29. The summed E-state index contributed by atoms with van der Waals surface area (Å²) in [6, 6.07) is 6.89. The van der Waals surface area contributed by atoms with Crippen LogP contribution >= 0.6 is 0 Å². The van der Waals surface area contributed by atoms with Gasteiger partial charge in [0.05, 0.1) is 19.3 Å². The lowest BCUT2D eigenvalue weighted by Crippen LogP contribution is -2.25. The number of hydrogen-bond donors (Lipinski definition) is 2. The van der Waals surface area contributed by atoms with Crippen LogP contribution in [0.1, 0.15) is 67.6 Å². The Morgan fingerprint density at radius 1 is 1.11 bits per heavy atom. The molecule has 0 unspecified atom stereocenters. The molecule has 3 N–H and O–H groups in total. The van der Waals surface area contributed by atoms with Crippen molar-refractivity contribution in [3.05, 3.63) is 34.9 Å². The zero-order chi connectivity index (χ0) is 18.9. The molecule has 0 bridgehead atoms. The summed E-state index contributed by atoms with van der Waals surface area (Å²) in [6.07, 6.45) is 10.5. The molecule has 0 heterocycles. The Balaban J connectivity index is 1.42. The Labute approximate surface area is 164 Å². The van der Waals surface area contributed by atoms with Gasteiger partial charge in [-0.05, 0) is 80.0 Å². The molecule has 0 amide bonds. The first-order valence-electron chi connectivity index (χ1n) is 10.9. The highest BCUT2D eigenvalue weighted by Gasteiger charge is 2.21. The van der Waals surface area contributed by atoms with E-state index in [9.17, 15) is 0 Å². The van der Waals surface area contributed by atoms with Gasteiger partial charge in [0.25, 0.3) is 0 Å². The van der Waals surface area contributed by atoms with Crippen molar-refractivity contribution in [3.8, 4) is 0 Å². The van der Waals surface area contributed by atoms with Crippen LogP contribution in [0.15, 0.2) is 18.2 Å². The summed E-state index contributed by atoms with van der Waals surface area (Å²) in [4.78, 5) is 0. The highest BCUT2D eigenvalue weighted by atomic mass is 16.5. The third-order valence-corrected chi connectivity index (χ3v) is 6.29. The number of aryl methyl sites for hydroxylation is 1. The summed E-state index contributed by atoms with van der Waals surface area (Å²) in [5, 5.41) is 8.98. The van der Waals surface area contributed by atoms with Gasteiger partial charge in [-0.3, -0.25) is 0 Å². The Bertz CT molecular complexity index is 559. The molecule has 1 fully saturated rings. The number of unbranched alkanes of at least 4 members (excludes halogenated alkanes) is 1. The predicted molar refractivity (Wildman–Crippen MR) is 109 cm³/mol. The molecule has 0 spiro atoms. The smallest absolute Gasteiger partial charge is 0.0704 e. The number of hydrogen-bond acceptors (Lipinski definition) is 4. The van der Waals surface area contributed by atoms with E-state index in [0.29, 0.717) is 25.2 Å². The van der Waals surface area contributed by atoms with Crippen molar-refractivity contribution in [1.29, 1.82) is 0 Å². The van der Waals surface area contributed by atoms with Crippen molar-refractivity contribution >= 4 is 0 Å². The summed E-state index contributed by atoms with van der Waals surface area (Å²) in [7, 11) is 0. The molecule has 1 saturated carbocycles. The van der Waals surface area contributed by atoms with E-state index in [1.54, 1.807) is 0 Å². The minimum atomic E-state index is 0.272. The third kappa shape index (κ3) is 6.28. The molecule has 4 nitrogen and oxygen atoms in total. The van der Waals surface area contributed by atoms with Gasteiger partial charge in [-0.15, -0.1) is 0 Å². The second-order valence-corrected chi connectivity index (χ2v) is 8.29. The highest BCUT2D eigenvalue weighted by Crippen LogP contribution is 2.29. The minimum absolute atomic E-state index is 0.272. The summed E-state index contributed by atoms with van der Waals surface area (Å²) in [5.74, 6) is 1.21. The van der Waals surface area contributed by atoms with Crippen molar-refractivity contribution in [2.45, 2.75) is 69.8 Å². The summed E-state index contributed by atoms with van der Waals surface area (Å²) < 4.78 is 11.8. The predicted octanol–water partition coefficient (Wildman–Crippen LogP) is 3.58. The first-order chi connectivity index (χ1) is 13.3. The first-order valence-corrected chi connectivity index (χ1v) is 10.9. The molecule has 1 aromatic carbocycles. The van der Waals surface area contributed by atoms with Crippen molar-refractivity contribution in [2.24, 2.45) is 11.7 Å². The lowest BCUT2D eigenvalue weighted by atomic mass is 9.85. The van der Waals surface area contributed by atoms with Gasteiger partial charge < -0.3 is 20.3 Å². The quantitative estimate of drug-likeness (QED) is 0.548. The molecule has 0 saturated heterocycles. The van der Waals surface area contributed by atoms with Crippen LogP contribution in [0.2, 0.25) is 0 Å². The van der Waals surface area contributed by atoms with Crippen LogP contribution in [0.5, 0.6) is 0 Å². The molecule has 0 aromatic heterocycles. The van der Waals surface area contributed by atoms with Crippen molar-refractivity contribution < 1.29 is 14.6 Å². The van der Waals surface area contributed by atoms with E-state index in [0.717, 1.165) is 57.7 Å². The first kappa shape index (κ1) is 20.8. The Hall–Kier alpha value is -0.940. The monoisotopic (exact) mass is 375 g/mol. The summed E-state index contributed by atoms with van der Waals surface area (Å²) in [6.45, 7) is 3.31. The molecule has 4 heteroatoms. The van der Waals surface area contributed by atoms with Crippen LogP contribution in [0, 0.1) is 5.92 Å². The van der Waals surface area contributed by atoms with Crippen LogP contribution in [-0.4, -0.2) is 44.2 Å². The van der Waals surface area contributed by atoms with Gasteiger partial charge in [0.1, 0.15) is 0 Å². The molecule has 3 rings (SSSR count). The molecule has 2 aliphatic carbocycles. The molecular weight excluding hydrogens is 338 g/mol. The second kappa shape index (κ2) is 11.2. The highest BCUT2D eigenvalue weighted by molar-refractivity contribution is 5.36. The Kier molecular flexibility index (Phi) is 8.59. The van der Waals surface area contributed by atoms with Crippen molar-refractivity contribution in [2.75, 3.05) is 33.0 Å². The fourth-order valence-electron chi connectivity index (χ4n) is 4.24. The maximum Gasteiger partial charge on any atom is 0.0704 e. The lowest BCUT2D eigenvalue weighted by Gasteiger charge is -2.27.